The first kappa shape index (κ1) is 74.4. The zero-order valence-corrected chi connectivity index (χ0v) is 66.8. The molecule has 24 aromatic rings. The van der Waals surface area contributed by atoms with Crippen LogP contribution in [0.1, 0.15) is 33.4 Å². The highest BCUT2D eigenvalue weighted by molar-refractivity contribution is 6.14. The van der Waals surface area contributed by atoms with E-state index in [1.807, 2.05) is 110 Å². The van der Waals surface area contributed by atoms with E-state index >= 15 is 0 Å². The summed E-state index contributed by atoms with van der Waals surface area (Å²) in [6.45, 7) is 12.6. The highest BCUT2D eigenvalue weighted by atomic mass is 16.4. The molecule has 0 bridgehead atoms. The average molecular weight is 1560 g/mol. The second-order valence-electron chi connectivity index (χ2n) is 30.1. The average Bonchev–Trinajstić information content (AvgIpc) is 1.63. The Bertz CT molecular complexity index is 6730. The van der Waals surface area contributed by atoms with E-state index in [4.69, 9.17) is 26.5 Å². The van der Waals surface area contributed by atoms with Crippen LogP contribution >= 0.6 is 0 Å². The molecule has 576 valence electrons. The van der Waals surface area contributed by atoms with E-state index in [2.05, 4.69) is 296 Å². The number of pyridine rings is 6. The van der Waals surface area contributed by atoms with Crippen LogP contribution < -0.4 is 0 Å². The Balaban J connectivity index is 0.0000000952. The van der Waals surface area contributed by atoms with Gasteiger partial charge in [0.15, 0.2) is 16.7 Å². The molecule has 12 aromatic heterocycles. The zero-order valence-electron chi connectivity index (χ0n) is 66.8. The van der Waals surface area contributed by atoms with Gasteiger partial charge in [0.1, 0.15) is 55.7 Å². The van der Waals surface area contributed by atoms with E-state index in [1.165, 1.54) is 55.6 Å². The molecule has 12 heteroatoms. The Morgan fingerprint density at radius 3 is 1.11 bits per heavy atom. The largest absolute Gasteiger partial charge is 0.455 e. The molecule has 0 fully saturated rings. The molecule has 0 spiro atoms. The van der Waals surface area contributed by atoms with Crippen molar-refractivity contribution >= 4 is 132 Å². The topological polar surface area (TPSA) is 156 Å². The molecule has 12 nitrogen and oxygen atoms in total. The zero-order chi connectivity index (χ0) is 81.2. The monoisotopic (exact) mass is 1550 g/mol. The quantitative estimate of drug-likeness (QED) is 0.155. The number of furan rings is 6. The van der Waals surface area contributed by atoms with Crippen LogP contribution in [-0.2, 0) is 0 Å². The van der Waals surface area contributed by atoms with Crippen molar-refractivity contribution in [1.29, 1.82) is 0 Å². The molecule has 120 heavy (non-hydrogen) atoms. The van der Waals surface area contributed by atoms with Gasteiger partial charge in [-0.1, -0.05) is 276 Å². The molecular formula is C108H78N6O6. The van der Waals surface area contributed by atoms with Crippen LogP contribution in [0.2, 0.25) is 0 Å². The summed E-state index contributed by atoms with van der Waals surface area (Å²) in [6.07, 6.45) is 16.4. The van der Waals surface area contributed by atoms with Crippen LogP contribution in [0.4, 0.5) is 0 Å². The summed E-state index contributed by atoms with van der Waals surface area (Å²) in [7, 11) is 0. The lowest BCUT2D eigenvalue weighted by molar-refractivity contribution is 0.655. The molecule has 24 rings (SSSR count). The Morgan fingerprint density at radius 1 is 0.183 bits per heavy atom. The van der Waals surface area contributed by atoms with Crippen LogP contribution in [0.25, 0.3) is 199 Å². The molecule has 12 aromatic carbocycles. The fourth-order valence-corrected chi connectivity index (χ4v) is 16.0. The lowest BCUT2D eigenvalue weighted by Gasteiger charge is -2.03. The van der Waals surface area contributed by atoms with Gasteiger partial charge in [0.05, 0.1) is 6.20 Å². The first-order valence-corrected chi connectivity index (χ1v) is 39.9. The lowest BCUT2D eigenvalue weighted by Crippen LogP contribution is -1.82. The number of hydrogen-bond donors (Lipinski definition) is 0. The third kappa shape index (κ3) is 14.8. The molecule has 0 aliphatic carbocycles. The number of hydrogen-bond acceptors (Lipinski definition) is 12. The summed E-state index contributed by atoms with van der Waals surface area (Å²) in [5.41, 5.74) is 33.4. The van der Waals surface area contributed by atoms with Crippen molar-refractivity contribution in [1.82, 2.24) is 29.9 Å². The molecule has 0 radical (unpaired) electrons. The van der Waals surface area contributed by atoms with Gasteiger partial charge in [-0.05, 0) is 142 Å². The molecule has 12 heterocycles. The minimum Gasteiger partial charge on any atom is -0.455 e. The Morgan fingerprint density at radius 2 is 0.542 bits per heavy atom. The Labute approximate surface area is 691 Å². The highest BCUT2D eigenvalue weighted by Gasteiger charge is 2.20. The van der Waals surface area contributed by atoms with Gasteiger partial charge in [-0.3, -0.25) is 24.9 Å². The van der Waals surface area contributed by atoms with Gasteiger partial charge >= 0.3 is 0 Å². The van der Waals surface area contributed by atoms with Crippen molar-refractivity contribution in [2.45, 2.75) is 41.5 Å². The maximum Gasteiger partial charge on any atom is 0.227 e. The first-order valence-electron chi connectivity index (χ1n) is 39.9. The van der Waals surface area contributed by atoms with Crippen molar-refractivity contribution < 1.29 is 26.5 Å². The van der Waals surface area contributed by atoms with E-state index in [9.17, 15) is 0 Å². The number of para-hydroxylation sites is 6. The van der Waals surface area contributed by atoms with Gasteiger partial charge in [0.25, 0.3) is 0 Å². The maximum atomic E-state index is 6.04. The van der Waals surface area contributed by atoms with Gasteiger partial charge in [-0.2, -0.15) is 0 Å². The third-order valence-corrected chi connectivity index (χ3v) is 21.6. The fourth-order valence-electron chi connectivity index (χ4n) is 16.0. The van der Waals surface area contributed by atoms with Crippen molar-refractivity contribution in [3.63, 3.8) is 0 Å². The molecular weight excluding hydrogens is 1480 g/mol. The van der Waals surface area contributed by atoms with E-state index in [1.54, 1.807) is 31.0 Å². The van der Waals surface area contributed by atoms with Gasteiger partial charge in [0, 0.05) is 137 Å². The van der Waals surface area contributed by atoms with Crippen molar-refractivity contribution in [3.05, 3.63) is 399 Å². The van der Waals surface area contributed by atoms with Crippen LogP contribution in [0.5, 0.6) is 0 Å². The summed E-state index contributed by atoms with van der Waals surface area (Å²) in [5, 5.41) is 10.9. The normalized spacial score (nSPS) is 11.2. The van der Waals surface area contributed by atoms with E-state index in [-0.39, 0.29) is 0 Å². The Hall–Kier alpha value is -15.7. The van der Waals surface area contributed by atoms with E-state index in [0.29, 0.717) is 5.71 Å². The van der Waals surface area contributed by atoms with Crippen molar-refractivity contribution in [3.8, 4) is 66.8 Å². The first-order chi connectivity index (χ1) is 59.0. The highest BCUT2D eigenvalue weighted by Crippen LogP contribution is 2.42. The molecule has 0 unspecified atom stereocenters. The predicted octanol–water partition coefficient (Wildman–Crippen LogP) is 29.7. The van der Waals surface area contributed by atoms with Crippen molar-refractivity contribution in [2.24, 2.45) is 0 Å². The molecule has 0 amide bonds. The van der Waals surface area contributed by atoms with Crippen LogP contribution in [-0.4, -0.2) is 29.9 Å². The number of aromatic nitrogens is 6. The molecule has 0 saturated heterocycles. The van der Waals surface area contributed by atoms with Crippen LogP contribution in [0.15, 0.2) is 392 Å². The number of rotatable bonds is 6. The van der Waals surface area contributed by atoms with Gasteiger partial charge < -0.3 is 26.5 Å². The molecule has 0 aliphatic heterocycles. The van der Waals surface area contributed by atoms with E-state index < -0.39 is 0 Å². The number of nitrogens with zero attached hydrogens (tertiary/aromatic N) is 6. The summed E-state index contributed by atoms with van der Waals surface area (Å²) in [4.78, 5) is 25.9. The number of fused-ring (bicyclic) bond motifs is 18. The van der Waals surface area contributed by atoms with Gasteiger partial charge in [-0.15, -0.1) is 0 Å². The van der Waals surface area contributed by atoms with Gasteiger partial charge in [0.2, 0.25) is 5.71 Å². The summed E-state index contributed by atoms with van der Waals surface area (Å²) in [5.74, 6) is 0. The van der Waals surface area contributed by atoms with E-state index in [0.717, 1.165) is 171 Å². The fraction of sp³-hybridized carbons (Fsp3) is 0.0556. The second kappa shape index (κ2) is 32.6. The third-order valence-electron chi connectivity index (χ3n) is 21.6. The van der Waals surface area contributed by atoms with Gasteiger partial charge in [-0.25, -0.2) is 4.98 Å². The minimum absolute atomic E-state index is 0.697. The van der Waals surface area contributed by atoms with Crippen LogP contribution in [0, 0.1) is 41.5 Å². The molecule has 0 atom stereocenters. The maximum absolute atomic E-state index is 6.04. The smallest absolute Gasteiger partial charge is 0.227 e. The SMILES string of the molecule is Cc1cccc(-c2cccc3c2oc2cccnc23)c1.Cc1cccc(-c2cccc3c2oc2ccncc23)c1.Cc1cccc(-c2cccc3c2oc2cnccc23)c1.Cc1cccc(-c2cccc3c2oc2ncccc23)c1.Cc1cccc(-c2ccnc3c2oc2ccccc23)c1.Cc1cccc(-c2cncc3c2oc2ccccc23)c1. The second-order valence-corrected chi connectivity index (χ2v) is 30.1. The standard InChI is InChI=1S/6C18H13NO/c1-12-5-2-6-13(11-12)14-7-3-8-15-17-16(20-18(14)15)9-4-10-19-17;1-12-5-2-6-13(11-12)14-7-3-8-15-16-9-4-10-19-18(16)20-17(14)15;1-12-4-2-5-13(10-12)14-6-3-7-16-15-8-9-19-11-17(15)20-18(14)16;1-12-4-2-5-13(10-12)14-6-3-7-15-16-11-19-9-8-17(16)20-18(14)15;1-12-5-4-6-13(9-12)15-10-19-11-16-14-7-2-3-8-17(14)20-18(15)16;1-12-5-4-6-13(11-12)14-9-10-19-17-15-7-2-3-8-16(15)20-18(14)17/h6*2-11H,1H3. The summed E-state index contributed by atoms with van der Waals surface area (Å²) >= 11 is 0. The molecule has 0 N–H and O–H groups in total. The minimum atomic E-state index is 0.697. The van der Waals surface area contributed by atoms with Crippen molar-refractivity contribution in [2.75, 3.05) is 0 Å². The van der Waals surface area contributed by atoms with Crippen LogP contribution in [0.3, 0.4) is 0 Å². The predicted molar refractivity (Wildman–Crippen MR) is 490 cm³/mol. The number of benzene rings is 12. The Kier molecular flexibility index (Phi) is 20.2. The molecule has 0 saturated carbocycles. The summed E-state index contributed by atoms with van der Waals surface area (Å²) in [6, 6.07) is 106. The lowest BCUT2D eigenvalue weighted by atomic mass is 10.0. The summed E-state index contributed by atoms with van der Waals surface area (Å²) < 4.78 is 36.1. The molecule has 0 aliphatic rings. The number of aryl methyl sites for hydroxylation is 6.